The Kier molecular flexibility index (Phi) is 3.64. The van der Waals surface area contributed by atoms with E-state index in [2.05, 4.69) is 5.32 Å². The van der Waals surface area contributed by atoms with Crippen molar-refractivity contribution in [1.82, 2.24) is 0 Å². The van der Waals surface area contributed by atoms with Crippen molar-refractivity contribution in [3.63, 3.8) is 0 Å². The average Bonchev–Trinajstić information content (AvgIpc) is 2.63. The maximum Gasteiger partial charge on any atom is 0.259 e. The number of amides is 1. The number of benzene rings is 1. The van der Waals surface area contributed by atoms with Crippen LogP contribution in [0.3, 0.4) is 0 Å². The fourth-order valence-corrected chi connectivity index (χ4v) is 1.93. The maximum absolute atomic E-state index is 12.0. The second-order valence-corrected chi connectivity index (χ2v) is 4.72. The van der Waals surface area contributed by atoms with E-state index in [0.29, 0.717) is 32.8 Å². The van der Waals surface area contributed by atoms with Crippen LogP contribution in [0.15, 0.2) is 28.7 Å². The molecule has 0 saturated carbocycles. The zero-order chi connectivity index (χ0) is 13.3. The third-order valence-electron chi connectivity index (χ3n) is 2.46. The van der Waals surface area contributed by atoms with Crippen LogP contribution in [0.1, 0.15) is 21.9 Å². The second kappa shape index (κ2) is 5.04. The number of carbonyl (C=O) groups excluding carboxylic acids is 1. The van der Waals surface area contributed by atoms with Crippen LogP contribution in [0.25, 0.3) is 0 Å². The minimum atomic E-state index is -0.234. The van der Waals surface area contributed by atoms with E-state index in [9.17, 15) is 4.79 Å². The number of rotatable bonds is 2. The maximum atomic E-state index is 12.0. The molecule has 18 heavy (non-hydrogen) atoms. The molecular formula is C13H11Cl2NO2. The Hall–Kier alpha value is -1.45. The highest BCUT2D eigenvalue weighted by Gasteiger charge is 2.13. The molecule has 1 N–H and O–H groups in total. The molecular weight excluding hydrogens is 273 g/mol. The van der Waals surface area contributed by atoms with Gasteiger partial charge in [0.2, 0.25) is 0 Å². The first-order chi connectivity index (χ1) is 8.47. The summed E-state index contributed by atoms with van der Waals surface area (Å²) in [6.07, 6.45) is 0. The molecule has 1 aromatic carbocycles. The summed E-state index contributed by atoms with van der Waals surface area (Å²) in [4.78, 5) is 12.0. The Labute approximate surface area is 115 Å². The fraction of sp³-hybridized carbons (Fsp3) is 0.154. The molecule has 2 rings (SSSR count). The number of hydrogen-bond donors (Lipinski definition) is 1. The highest BCUT2D eigenvalue weighted by atomic mass is 35.5. The fourth-order valence-electron chi connectivity index (χ4n) is 1.63. The van der Waals surface area contributed by atoms with Crippen molar-refractivity contribution in [3.8, 4) is 0 Å². The monoisotopic (exact) mass is 283 g/mol. The Morgan fingerprint density at radius 1 is 1.17 bits per heavy atom. The molecule has 0 radical (unpaired) electrons. The highest BCUT2D eigenvalue weighted by molar-refractivity contribution is 6.42. The van der Waals surface area contributed by atoms with E-state index in [1.165, 1.54) is 0 Å². The van der Waals surface area contributed by atoms with Gasteiger partial charge in [0.25, 0.3) is 5.91 Å². The molecule has 2 aromatic rings. The molecule has 1 aromatic heterocycles. The van der Waals surface area contributed by atoms with Crippen molar-refractivity contribution >= 4 is 34.8 Å². The number of carbonyl (C=O) groups is 1. The van der Waals surface area contributed by atoms with Crippen LogP contribution in [0.5, 0.6) is 0 Å². The normalized spacial score (nSPS) is 10.4. The van der Waals surface area contributed by atoms with Crippen molar-refractivity contribution < 1.29 is 9.21 Å². The van der Waals surface area contributed by atoms with Crippen LogP contribution in [0, 0.1) is 13.8 Å². The summed E-state index contributed by atoms with van der Waals surface area (Å²) in [5.41, 5.74) is 1.10. The van der Waals surface area contributed by atoms with Crippen molar-refractivity contribution in [2.45, 2.75) is 13.8 Å². The molecule has 0 aliphatic carbocycles. The van der Waals surface area contributed by atoms with E-state index in [0.717, 1.165) is 0 Å². The summed E-state index contributed by atoms with van der Waals surface area (Å²) in [5.74, 6) is 1.06. The molecule has 0 aliphatic rings. The number of anilines is 1. The molecule has 1 heterocycles. The van der Waals surface area contributed by atoms with E-state index in [1.807, 2.05) is 0 Å². The molecule has 0 bridgehead atoms. The Morgan fingerprint density at radius 2 is 1.89 bits per heavy atom. The summed E-state index contributed by atoms with van der Waals surface area (Å²) < 4.78 is 5.31. The number of furan rings is 1. The van der Waals surface area contributed by atoms with Crippen LogP contribution >= 0.6 is 23.2 Å². The molecule has 0 unspecified atom stereocenters. The van der Waals surface area contributed by atoms with Crippen molar-refractivity contribution in [3.05, 3.63) is 51.4 Å². The smallest absolute Gasteiger partial charge is 0.259 e. The summed E-state index contributed by atoms with van der Waals surface area (Å²) >= 11 is 11.7. The van der Waals surface area contributed by atoms with Gasteiger partial charge in [0.15, 0.2) is 0 Å². The van der Waals surface area contributed by atoms with Gasteiger partial charge in [0.05, 0.1) is 15.6 Å². The summed E-state index contributed by atoms with van der Waals surface area (Å²) in [5, 5.41) is 3.59. The van der Waals surface area contributed by atoms with Crippen molar-refractivity contribution in [1.29, 1.82) is 0 Å². The van der Waals surface area contributed by atoms with Gasteiger partial charge in [-0.2, -0.15) is 0 Å². The quantitative estimate of drug-likeness (QED) is 0.884. The van der Waals surface area contributed by atoms with Crippen molar-refractivity contribution in [2.24, 2.45) is 0 Å². The van der Waals surface area contributed by atoms with Crippen molar-refractivity contribution in [2.75, 3.05) is 5.32 Å². The van der Waals surface area contributed by atoms with Crippen LogP contribution in [0.2, 0.25) is 10.0 Å². The van der Waals surface area contributed by atoms with Gasteiger partial charge in [0, 0.05) is 5.69 Å². The molecule has 0 saturated heterocycles. The summed E-state index contributed by atoms with van der Waals surface area (Å²) in [6.45, 7) is 3.54. The zero-order valence-corrected chi connectivity index (χ0v) is 11.4. The van der Waals surface area contributed by atoms with E-state index < -0.39 is 0 Å². The van der Waals surface area contributed by atoms with Crippen LogP contribution in [0.4, 0.5) is 5.69 Å². The third-order valence-corrected chi connectivity index (χ3v) is 3.20. The Balaban J connectivity index is 2.21. The molecule has 0 aliphatic heterocycles. The van der Waals surface area contributed by atoms with E-state index >= 15 is 0 Å². The van der Waals surface area contributed by atoms with E-state index in [1.54, 1.807) is 38.1 Å². The van der Waals surface area contributed by atoms with Gasteiger partial charge in [-0.3, -0.25) is 4.79 Å². The van der Waals surface area contributed by atoms with Gasteiger partial charge in [-0.1, -0.05) is 23.2 Å². The molecule has 3 nitrogen and oxygen atoms in total. The summed E-state index contributed by atoms with van der Waals surface area (Å²) in [6, 6.07) is 6.62. The van der Waals surface area contributed by atoms with Gasteiger partial charge in [-0.15, -0.1) is 0 Å². The van der Waals surface area contributed by atoms with Gasteiger partial charge < -0.3 is 9.73 Å². The molecule has 0 fully saturated rings. The first kappa shape index (κ1) is 13.0. The zero-order valence-electron chi connectivity index (χ0n) is 9.88. The number of hydrogen-bond acceptors (Lipinski definition) is 2. The average molecular weight is 284 g/mol. The number of nitrogens with one attached hydrogen (secondary N) is 1. The molecule has 0 atom stereocenters. The predicted molar refractivity (Wildman–Crippen MR) is 72.6 cm³/mol. The minimum absolute atomic E-state index is 0.234. The van der Waals surface area contributed by atoms with Gasteiger partial charge in [0.1, 0.15) is 11.5 Å². The Morgan fingerprint density at radius 3 is 2.44 bits per heavy atom. The first-order valence-corrected chi connectivity index (χ1v) is 6.06. The summed E-state index contributed by atoms with van der Waals surface area (Å²) in [7, 11) is 0. The highest BCUT2D eigenvalue weighted by Crippen LogP contribution is 2.25. The predicted octanol–water partition coefficient (Wildman–Crippen LogP) is 4.46. The standard InChI is InChI=1S/C13H11Cl2NO2/c1-7-5-10(8(2)18-7)13(17)16-9-3-4-11(14)12(15)6-9/h3-6H,1-2H3,(H,16,17). The lowest BCUT2D eigenvalue weighted by Gasteiger charge is -2.05. The molecule has 1 amide bonds. The van der Waals surface area contributed by atoms with Crippen LogP contribution in [-0.4, -0.2) is 5.91 Å². The lowest BCUT2D eigenvalue weighted by molar-refractivity contribution is 0.102. The van der Waals surface area contributed by atoms with Gasteiger partial charge >= 0.3 is 0 Å². The lowest BCUT2D eigenvalue weighted by Crippen LogP contribution is -2.12. The minimum Gasteiger partial charge on any atom is -0.466 e. The first-order valence-electron chi connectivity index (χ1n) is 5.31. The number of aryl methyl sites for hydroxylation is 2. The lowest BCUT2D eigenvalue weighted by atomic mass is 10.2. The van der Waals surface area contributed by atoms with Crippen LogP contribution in [-0.2, 0) is 0 Å². The molecule has 94 valence electrons. The largest absolute Gasteiger partial charge is 0.466 e. The van der Waals surface area contributed by atoms with E-state index in [-0.39, 0.29) is 5.91 Å². The topological polar surface area (TPSA) is 42.2 Å². The Bertz CT molecular complexity index is 605. The van der Waals surface area contributed by atoms with Gasteiger partial charge in [-0.05, 0) is 38.1 Å². The molecule has 5 heteroatoms. The van der Waals surface area contributed by atoms with Gasteiger partial charge in [-0.25, -0.2) is 0 Å². The number of halogens is 2. The molecule has 0 spiro atoms. The van der Waals surface area contributed by atoms with Crippen LogP contribution < -0.4 is 5.32 Å². The SMILES string of the molecule is Cc1cc(C(=O)Nc2ccc(Cl)c(Cl)c2)c(C)o1. The second-order valence-electron chi connectivity index (χ2n) is 3.91. The van der Waals surface area contributed by atoms with E-state index in [4.69, 9.17) is 27.6 Å². The third kappa shape index (κ3) is 2.68.